The van der Waals surface area contributed by atoms with Crippen LogP contribution in [-0.4, -0.2) is 14.5 Å². The first-order chi connectivity index (χ1) is 13.5. The largest absolute Gasteiger partial charge is 0.354 e. The van der Waals surface area contributed by atoms with Crippen molar-refractivity contribution in [2.75, 3.05) is 5.32 Å². The third-order valence-electron chi connectivity index (χ3n) is 4.13. The normalized spacial score (nSPS) is 10.8. The van der Waals surface area contributed by atoms with E-state index in [0.717, 1.165) is 10.1 Å². The highest BCUT2D eigenvalue weighted by molar-refractivity contribution is 7.99. The standard InChI is InChI=1S/C20H13ClFN5S/c1-27-7-6-24-20(27)28-18-5-3-14(9-16(18)21)26-19-12(10-23)11-25-17-8-13(22)2-4-15(17)19/h2-9,11H,1H3,(H,25,26). The van der Waals surface area contributed by atoms with Crippen molar-refractivity contribution in [3.8, 4) is 6.07 Å². The molecule has 138 valence electrons. The highest BCUT2D eigenvalue weighted by atomic mass is 35.5. The molecule has 0 aliphatic heterocycles. The molecule has 0 fully saturated rings. The molecule has 0 bridgehead atoms. The molecule has 28 heavy (non-hydrogen) atoms. The average molecular weight is 410 g/mol. The number of rotatable bonds is 4. The number of halogens is 2. The summed E-state index contributed by atoms with van der Waals surface area (Å²) in [5, 5.41) is 14.7. The summed E-state index contributed by atoms with van der Waals surface area (Å²) >= 11 is 7.92. The molecule has 1 N–H and O–H groups in total. The van der Waals surface area contributed by atoms with Gasteiger partial charge >= 0.3 is 0 Å². The minimum atomic E-state index is -0.380. The number of aryl methyl sites for hydroxylation is 1. The lowest BCUT2D eigenvalue weighted by Crippen LogP contribution is -1.97. The van der Waals surface area contributed by atoms with Crippen LogP contribution in [0.25, 0.3) is 10.9 Å². The fourth-order valence-corrected chi connectivity index (χ4v) is 3.84. The maximum Gasteiger partial charge on any atom is 0.172 e. The number of imidazole rings is 1. The molecule has 4 rings (SSSR count). The van der Waals surface area contributed by atoms with E-state index in [-0.39, 0.29) is 5.82 Å². The Labute approximate surface area is 169 Å². The van der Waals surface area contributed by atoms with Gasteiger partial charge in [0.25, 0.3) is 0 Å². The van der Waals surface area contributed by atoms with Crippen LogP contribution in [0.1, 0.15) is 5.56 Å². The van der Waals surface area contributed by atoms with Crippen LogP contribution < -0.4 is 5.32 Å². The van der Waals surface area contributed by atoms with Crippen molar-refractivity contribution in [2.24, 2.45) is 7.05 Å². The number of aromatic nitrogens is 3. The van der Waals surface area contributed by atoms with E-state index in [9.17, 15) is 9.65 Å². The zero-order valence-corrected chi connectivity index (χ0v) is 16.2. The summed E-state index contributed by atoms with van der Waals surface area (Å²) in [6.07, 6.45) is 5.02. The zero-order chi connectivity index (χ0) is 19.7. The van der Waals surface area contributed by atoms with Crippen LogP contribution in [0.5, 0.6) is 0 Å². The van der Waals surface area contributed by atoms with Crippen molar-refractivity contribution < 1.29 is 4.39 Å². The molecule has 0 spiro atoms. The minimum absolute atomic E-state index is 0.363. The number of fused-ring (bicyclic) bond motifs is 1. The highest BCUT2D eigenvalue weighted by Gasteiger charge is 2.12. The van der Waals surface area contributed by atoms with E-state index >= 15 is 0 Å². The molecule has 4 aromatic rings. The van der Waals surface area contributed by atoms with Gasteiger partial charge in [-0.2, -0.15) is 5.26 Å². The molecule has 0 atom stereocenters. The maximum atomic E-state index is 13.5. The Bertz CT molecular complexity index is 1230. The summed E-state index contributed by atoms with van der Waals surface area (Å²) in [4.78, 5) is 9.30. The Morgan fingerprint density at radius 3 is 2.79 bits per heavy atom. The second-order valence-corrected chi connectivity index (χ2v) is 7.43. The van der Waals surface area contributed by atoms with Gasteiger partial charge in [0.2, 0.25) is 0 Å². The summed E-state index contributed by atoms with van der Waals surface area (Å²) < 4.78 is 15.4. The molecule has 2 aromatic carbocycles. The molecule has 0 radical (unpaired) electrons. The molecule has 0 saturated heterocycles. The van der Waals surface area contributed by atoms with Crippen LogP contribution >= 0.6 is 23.4 Å². The molecule has 0 unspecified atom stereocenters. The highest BCUT2D eigenvalue weighted by Crippen LogP contribution is 2.36. The van der Waals surface area contributed by atoms with Crippen molar-refractivity contribution in [3.05, 3.63) is 71.4 Å². The first kappa shape index (κ1) is 18.3. The number of nitrogens with zero attached hydrogens (tertiary/aromatic N) is 4. The fourth-order valence-electron chi connectivity index (χ4n) is 2.74. The number of anilines is 2. The van der Waals surface area contributed by atoms with E-state index < -0.39 is 0 Å². The van der Waals surface area contributed by atoms with Gasteiger partial charge in [0.15, 0.2) is 5.16 Å². The van der Waals surface area contributed by atoms with E-state index in [1.54, 1.807) is 18.3 Å². The topological polar surface area (TPSA) is 66.5 Å². The Kier molecular flexibility index (Phi) is 4.90. The molecule has 0 aliphatic rings. The number of pyridine rings is 1. The van der Waals surface area contributed by atoms with Gasteiger partial charge in [-0.05, 0) is 30.3 Å². The molecular weight excluding hydrogens is 397 g/mol. The van der Waals surface area contributed by atoms with Crippen LogP contribution in [0.2, 0.25) is 5.02 Å². The predicted octanol–water partition coefficient (Wildman–Crippen LogP) is 5.53. The number of hydrogen-bond donors (Lipinski definition) is 1. The number of benzene rings is 2. The van der Waals surface area contributed by atoms with E-state index in [1.807, 2.05) is 29.9 Å². The Hall–Kier alpha value is -3.08. The van der Waals surface area contributed by atoms with E-state index in [0.29, 0.717) is 32.9 Å². The van der Waals surface area contributed by atoms with Gasteiger partial charge < -0.3 is 9.88 Å². The van der Waals surface area contributed by atoms with Gasteiger partial charge in [0.1, 0.15) is 11.9 Å². The van der Waals surface area contributed by atoms with Crippen LogP contribution in [0.4, 0.5) is 15.8 Å². The lowest BCUT2D eigenvalue weighted by molar-refractivity contribution is 0.629. The molecule has 0 saturated carbocycles. The Morgan fingerprint density at radius 2 is 2.07 bits per heavy atom. The smallest absolute Gasteiger partial charge is 0.172 e. The van der Waals surface area contributed by atoms with Gasteiger partial charge in [-0.1, -0.05) is 23.4 Å². The second kappa shape index (κ2) is 7.50. The molecule has 2 aromatic heterocycles. The molecule has 5 nitrogen and oxygen atoms in total. The van der Waals surface area contributed by atoms with Crippen LogP contribution in [-0.2, 0) is 7.05 Å². The van der Waals surface area contributed by atoms with Crippen molar-refractivity contribution >= 4 is 45.6 Å². The first-order valence-corrected chi connectivity index (χ1v) is 9.44. The summed E-state index contributed by atoms with van der Waals surface area (Å²) in [6, 6.07) is 11.9. The fraction of sp³-hybridized carbons (Fsp3) is 0.0500. The maximum absolute atomic E-state index is 13.5. The van der Waals surface area contributed by atoms with Crippen molar-refractivity contribution in [1.29, 1.82) is 5.26 Å². The summed E-state index contributed by atoms with van der Waals surface area (Å²) in [7, 11) is 1.92. The van der Waals surface area contributed by atoms with E-state index in [2.05, 4.69) is 21.4 Å². The molecule has 2 heterocycles. The summed E-state index contributed by atoms with van der Waals surface area (Å²) in [6.45, 7) is 0. The Balaban J connectivity index is 1.69. The van der Waals surface area contributed by atoms with E-state index in [4.69, 9.17) is 11.6 Å². The molecule has 0 amide bonds. The van der Waals surface area contributed by atoms with Gasteiger partial charge in [-0.15, -0.1) is 0 Å². The SMILES string of the molecule is Cn1ccnc1Sc1ccc(Nc2c(C#N)cnc3cc(F)ccc23)cc1Cl. The van der Waals surface area contributed by atoms with Crippen molar-refractivity contribution in [3.63, 3.8) is 0 Å². The van der Waals surface area contributed by atoms with Crippen molar-refractivity contribution in [2.45, 2.75) is 10.1 Å². The third-order valence-corrected chi connectivity index (χ3v) is 5.71. The number of nitriles is 1. The molecule has 0 aliphatic carbocycles. The molecular formula is C20H13ClFN5S. The molecule has 8 heteroatoms. The van der Waals surface area contributed by atoms with Crippen LogP contribution in [0.15, 0.2) is 65.0 Å². The average Bonchev–Trinajstić information content (AvgIpc) is 3.08. The van der Waals surface area contributed by atoms with Crippen LogP contribution in [0, 0.1) is 17.1 Å². The zero-order valence-electron chi connectivity index (χ0n) is 14.6. The van der Waals surface area contributed by atoms with Gasteiger partial charge in [0.05, 0.1) is 21.8 Å². The lowest BCUT2D eigenvalue weighted by atomic mass is 10.1. The number of nitrogens with one attached hydrogen (secondary N) is 1. The number of hydrogen-bond acceptors (Lipinski definition) is 5. The predicted molar refractivity (Wildman–Crippen MR) is 108 cm³/mol. The Morgan fingerprint density at radius 1 is 1.21 bits per heavy atom. The minimum Gasteiger partial charge on any atom is -0.354 e. The first-order valence-electron chi connectivity index (χ1n) is 8.25. The van der Waals surface area contributed by atoms with Gasteiger partial charge in [0, 0.05) is 47.7 Å². The van der Waals surface area contributed by atoms with E-state index in [1.165, 1.54) is 30.1 Å². The van der Waals surface area contributed by atoms with Gasteiger partial charge in [-0.3, -0.25) is 4.98 Å². The monoisotopic (exact) mass is 409 g/mol. The quantitative estimate of drug-likeness (QED) is 0.480. The van der Waals surface area contributed by atoms with Gasteiger partial charge in [-0.25, -0.2) is 9.37 Å². The second-order valence-electron chi connectivity index (χ2n) is 6.01. The lowest BCUT2D eigenvalue weighted by Gasteiger charge is -2.13. The van der Waals surface area contributed by atoms with Crippen molar-refractivity contribution in [1.82, 2.24) is 14.5 Å². The third kappa shape index (κ3) is 3.52. The summed E-state index contributed by atoms with van der Waals surface area (Å²) in [5.74, 6) is -0.380. The summed E-state index contributed by atoms with van der Waals surface area (Å²) in [5.41, 5.74) is 2.10. The van der Waals surface area contributed by atoms with Crippen LogP contribution in [0.3, 0.4) is 0 Å².